The summed E-state index contributed by atoms with van der Waals surface area (Å²) in [5.41, 5.74) is 0.981. The first-order chi connectivity index (χ1) is 5.29. The second-order valence-corrected chi connectivity index (χ2v) is 3.70. The van der Waals surface area contributed by atoms with Gasteiger partial charge >= 0.3 is 0 Å². The lowest BCUT2D eigenvalue weighted by molar-refractivity contribution is 1.04. The van der Waals surface area contributed by atoms with Crippen LogP contribution in [0.15, 0.2) is 21.5 Å². The molecule has 2 rings (SSSR count). The van der Waals surface area contributed by atoms with E-state index >= 15 is 0 Å². The molecule has 0 spiro atoms. The zero-order chi connectivity index (χ0) is 7.84. The standard InChI is InChI=1S/C8H8BrNO/c9-6-3-4-10-8(11)7(6)5-1-2-5/h3-5H,1-2H2,(H,10,11). The molecule has 1 aromatic heterocycles. The Kier molecular flexibility index (Phi) is 1.60. The fourth-order valence-electron chi connectivity index (χ4n) is 1.22. The Morgan fingerprint density at radius 3 is 2.82 bits per heavy atom. The molecule has 11 heavy (non-hydrogen) atoms. The van der Waals surface area contributed by atoms with Crippen LogP contribution in [0.1, 0.15) is 24.3 Å². The van der Waals surface area contributed by atoms with Crippen molar-refractivity contribution < 1.29 is 0 Å². The van der Waals surface area contributed by atoms with Crippen LogP contribution in [0.25, 0.3) is 0 Å². The fraction of sp³-hybridized carbons (Fsp3) is 0.375. The van der Waals surface area contributed by atoms with Gasteiger partial charge in [-0.2, -0.15) is 0 Å². The Balaban J connectivity index is 2.57. The number of rotatable bonds is 1. The molecule has 1 fully saturated rings. The molecule has 0 amide bonds. The summed E-state index contributed by atoms with van der Waals surface area (Å²) >= 11 is 3.37. The molecule has 3 heteroatoms. The molecule has 0 atom stereocenters. The average Bonchev–Trinajstić information content (AvgIpc) is 2.70. The number of aromatic amines is 1. The van der Waals surface area contributed by atoms with E-state index in [-0.39, 0.29) is 5.56 Å². The summed E-state index contributed by atoms with van der Waals surface area (Å²) in [7, 11) is 0. The van der Waals surface area contributed by atoms with E-state index in [4.69, 9.17) is 0 Å². The molecule has 2 nitrogen and oxygen atoms in total. The SMILES string of the molecule is O=c1[nH]ccc(Br)c1C1CC1. The highest BCUT2D eigenvalue weighted by Crippen LogP contribution is 2.40. The van der Waals surface area contributed by atoms with E-state index in [9.17, 15) is 4.79 Å². The number of H-pyrrole nitrogens is 1. The number of hydrogen-bond acceptors (Lipinski definition) is 1. The summed E-state index contributed by atoms with van der Waals surface area (Å²) in [4.78, 5) is 13.9. The summed E-state index contributed by atoms with van der Waals surface area (Å²) < 4.78 is 0.948. The predicted molar refractivity (Wildman–Crippen MR) is 46.7 cm³/mol. The molecular weight excluding hydrogens is 206 g/mol. The van der Waals surface area contributed by atoms with Gasteiger partial charge in [0.05, 0.1) is 0 Å². The first-order valence-corrected chi connectivity index (χ1v) is 4.45. The number of nitrogens with one attached hydrogen (secondary N) is 1. The zero-order valence-corrected chi connectivity index (χ0v) is 7.52. The molecule has 0 saturated heterocycles. The van der Waals surface area contributed by atoms with Crippen molar-refractivity contribution in [2.75, 3.05) is 0 Å². The second-order valence-electron chi connectivity index (χ2n) is 2.84. The molecule has 58 valence electrons. The maximum absolute atomic E-state index is 11.2. The van der Waals surface area contributed by atoms with Gasteiger partial charge in [0, 0.05) is 16.2 Å². The van der Waals surface area contributed by atoms with Crippen LogP contribution in [0.4, 0.5) is 0 Å². The monoisotopic (exact) mass is 213 g/mol. The molecule has 0 unspecified atom stereocenters. The number of aromatic nitrogens is 1. The Morgan fingerprint density at radius 2 is 2.27 bits per heavy atom. The smallest absolute Gasteiger partial charge is 0.252 e. The van der Waals surface area contributed by atoms with Crippen molar-refractivity contribution >= 4 is 15.9 Å². The number of halogens is 1. The van der Waals surface area contributed by atoms with Gasteiger partial charge in [0.2, 0.25) is 0 Å². The summed E-state index contributed by atoms with van der Waals surface area (Å²) in [6.07, 6.45) is 3.98. The summed E-state index contributed by atoms with van der Waals surface area (Å²) in [5.74, 6) is 0.509. The minimum atomic E-state index is 0.0573. The molecule has 0 aliphatic heterocycles. The molecule has 1 N–H and O–H groups in total. The quantitative estimate of drug-likeness (QED) is 0.761. The molecular formula is C8H8BrNO. The van der Waals surface area contributed by atoms with E-state index in [2.05, 4.69) is 20.9 Å². The van der Waals surface area contributed by atoms with Crippen molar-refractivity contribution in [1.82, 2.24) is 4.98 Å². The van der Waals surface area contributed by atoms with E-state index in [1.54, 1.807) is 6.20 Å². The maximum Gasteiger partial charge on any atom is 0.252 e. The average molecular weight is 214 g/mol. The van der Waals surface area contributed by atoms with Crippen molar-refractivity contribution in [3.05, 3.63) is 32.7 Å². The summed E-state index contributed by atoms with van der Waals surface area (Å²) in [5, 5.41) is 0. The molecule has 1 heterocycles. The van der Waals surface area contributed by atoms with Crippen molar-refractivity contribution in [3.63, 3.8) is 0 Å². The minimum absolute atomic E-state index is 0.0573. The second kappa shape index (κ2) is 2.48. The molecule has 0 aromatic carbocycles. The van der Waals surface area contributed by atoms with E-state index in [0.717, 1.165) is 22.9 Å². The van der Waals surface area contributed by atoms with Crippen molar-refractivity contribution in [3.8, 4) is 0 Å². The lowest BCUT2D eigenvalue weighted by Gasteiger charge is -1.97. The normalized spacial score (nSPS) is 16.8. The van der Waals surface area contributed by atoms with Gasteiger partial charge in [-0.05, 0) is 24.8 Å². The molecule has 1 aliphatic carbocycles. The van der Waals surface area contributed by atoms with Gasteiger partial charge in [0.25, 0.3) is 5.56 Å². The highest BCUT2D eigenvalue weighted by Gasteiger charge is 2.27. The van der Waals surface area contributed by atoms with Crippen LogP contribution in [0.3, 0.4) is 0 Å². The van der Waals surface area contributed by atoms with Crippen LogP contribution in [0.5, 0.6) is 0 Å². The van der Waals surface area contributed by atoms with Crippen LogP contribution >= 0.6 is 15.9 Å². The Hall–Kier alpha value is -0.570. The van der Waals surface area contributed by atoms with Crippen LogP contribution in [0, 0.1) is 0 Å². The third kappa shape index (κ3) is 1.25. The van der Waals surface area contributed by atoms with Gasteiger partial charge in [-0.15, -0.1) is 0 Å². The Bertz CT molecular complexity index is 327. The van der Waals surface area contributed by atoms with Crippen molar-refractivity contribution in [1.29, 1.82) is 0 Å². The summed E-state index contributed by atoms with van der Waals surface area (Å²) in [6.45, 7) is 0. The van der Waals surface area contributed by atoms with Crippen LogP contribution in [0.2, 0.25) is 0 Å². The summed E-state index contributed by atoms with van der Waals surface area (Å²) in [6, 6.07) is 1.88. The number of pyridine rings is 1. The molecule has 1 saturated carbocycles. The largest absolute Gasteiger partial charge is 0.329 e. The molecule has 1 aliphatic rings. The molecule has 1 aromatic rings. The van der Waals surface area contributed by atoms with Crippen molar-refractivity contribution in [2.45, 2.75) is 18.8 Å². The highest BCUT2D eigenvalue weighted by atomic mass is 79.9. The predicted octanol–water partition coefficient (Wildman–Crippen LogP) is 2.01. The van der Waals surface area contributed by atoms with Crippen molar-refractivity contribution in [2.24, 2.45) is 0 Å². The molecule has 0 radical (unpaired) electrons. The highest BCUT2D eigenvalue weighted by molar-refractivity contribution is 9.10. The zero-order valence-electron chi connectivity index (χ0n) is 5.93. The topological polar surface area (TPSA) is 32.9 Å². The van der Waals surface area contributed by atoms with Gasteiger partial charge in [0.15, 0.2) is 0 Å². The van der Waals surface area contributed by atoms with Crippen LogP contribution in [-0.4, -0.2) is 4.98 Å². The fourth-order valence-corrected chi connectivity index (χ4v) is 1.85. The van der Waals surface area contributed by atoms with Gasteiger partial charge in [0.1, 0.15) is 0 Å². The number of hydrogen-bond donors (Lipinski definition) is 1. The van der Waals surface area contributed by atoms with E-state index in [1.165, 1.54) is 0 Å². The van der Waals surface area contributed by atoms with Gasteiger partial charge in [-0.25, -0.2) is 0 Å². The van der Waals surface area contributed by atoms with Crippen LogP contribution < -0.4 is 5.56 Å². The molecule has 0 bridgehead atoms. The Morgan fingerprint density at radius 1 is 1.55 bits per heavy atom. The lowest BCUT2D eigenvalue weighted by atomic mass is 10.2. The first-order valence-electron chi connectivity index (χ1n) is 3.66. The van der Waals surface area contributed by atoms with Gasteiger partial charge in [-0.1, -0.05) is 15.9 Å². The third-order valence-corrected chi connectivity index (χ3v) is 2.62. The lowest BCUT2D eigenvalue weighted by Crippen LogP contribution is -2.10. The third-order valence-electron chi connectivity index (χ3n) is 1.93. The van der Waals surface area contributed by atoms with Gasteiger partial charge in [-0.3, -0.25) is 4.79 Å². The Labute approximate surface area is 72.8 Å². The van der Waals surface area contributed by atoms with Gasteiger partial charge < -0.3 is 4.98 Å². The van der Waals surface area contributed by atoms with E-state index in [1.807, 2.05) is 6.07 Å². The maximum atomic E-state index is 11.2. The van der Waals surface area contributed by atoms with E-state index in [0.29, 0.717) is 5.92 Å². The van der Waals surface area contributed by atoms with Crippen LogP contribution in [-0.2, 0) is 0 Å². The first kappa shape index (κ1) is 7.10. The minimum Gasteiger partial charge on any atom is -0.329 e. The van der Waals surface area contributed by atoms with E-state index < -0.39 is 0 Å².